The first kappa shape index (κ1) is 12.1. The van der Waals surface area contributed by atoms with Crippen molar-refractivity contribution in [1.82, 2.24) is 9.78 Å². The molecule has 18 heavy (non-hydrogen) atoms. The van der Waals surface area contributed by atoms with E-state index in [4.69, 9.17) is 9.84 Å². The molecule has 0 saturated carbocycles. The van der Waals surface area contributed by atoms with Crippen molar-refractivity contribution in [2.24, 2.45) is 0 Å². The van der Waals surface area contributed by atoms with Gasteiger partial charge in [-0.3, -0.25) is 9.48 Å². The van der Waals surface area contributed by atoms with E-state index in [2.05, 4.69) is 5.10 Å². The van der Waals surface area contributed by atoms with Crippen molar-refractivity contribution in [2.45, 2.75) is 13.2 Å². The van der Waals surface area contributed by atoms with Crippen molar-refractivity contribution in [3.8, 4) is 5.75 Å². The van der Waals surface area contributed by atoms with Gasteiger partial charge in [0.05, 0.1) is 12.4 Å². The fraction of sp³-hybridized carbons (Fsp3) is 0.167. The molecule has 0 unspecified atom stereocenters. The molecule has 1 aromatic carbocycles. The molecule has 0 bridgehead atoms. The van der Waals surface area contributed by atoms with Gasteiger partial charge in [-0.1, -0.05) is 18.2 Å². The maximum atomic E-state index is 13.3. The highest BCUT2D eigenvalue weighted by molar-refractivity contribution is 5.66. The van der Waals surface area contributed by atoms with Crippen molar-refractivity contribution < 1.29 is 19.0 Å². The fourth-order valence-electron chi connectivity index (χ4n) is 1.42. The Morgan fingerprint density at radius 2 is 2.22 bits per heavy atom. The SMILES string of the molecule is O=C(O)Cn1cc(OCc2ccccc2F)cn1. The van der Waals surface area contributed by atoms with Gasteiger partial charge in [0.25, 0.3) is 0 Å². The quantitative estimate of drug-likeness (QED) is 0.877. The summed E-state index contributed by atoms with van der Waals surface area (Å²) in [4.78, 5) is 10.5. The smallest absolute Gasteiger partial charge is 0.325 e. The van der Waals surface area contributed by atoms with Crippen molar-refractivity contribution in [3.05, 3.63) is 48.0 Å². The van der Waals surface area contributed by atoms with Crippen LogP contribution in [0.5, 0.6) is 5.75 Å². The van der Waals surface area contributed by atoms with E-state index in [0.717, 1.165) is 0 Å². The Hall–Kier alpha value is -2.37. The molecule has 2 aromatic rings. The van der Waals surface area contributed by atoms with Crippen LogP contribution >= 0.6 is 0 Å². The summed E-state index contributed by atoms with van der Waals surface area (Å²) in [7, 11) is 0. The van der Waals surface area contributed by atoms with Crippen LogP contribution in [0, 0.1) is 5.82 Å². The number of rotatable bonds is 5. The highest BCUT2D eigenvalue weighted by Crippen LogP contribution is 2.13. The van der Waals surface area contributed by atoms with Crippen LogP contribution in [0.1, 0.15) is 5.56 Å². The summed E-state index contributed by atoms with van der Waals surface area (Å²) in [6.45, 7) is -0.158. The summed E-state index contributed by atoms with van der Waals surface area (Å²) in [5.74, 6) is -0.923. The molecule has 1 heterocycles. The number of hydrogen-bond acceptors (Lipinski definition) is 3. The Morgan fingerprint density at radius 1 is 1.44 bits per heavy atom. The first-order valence-corrected chi connectivity index (χ1v) is 5.25. The van der Waals surface area contributed by atoms with Crippen LogP contribution in [0.25, 0.3) is 0 Å². The lowest BCUT2D eigenvalue weighted by molar-refractivity contribution is -0.137. The van der Waals surface area contributed by atoms with Gasteiger partial charge in [0.1, 0.15) is 19.0 Å². The number of ether oxygens (including phenoxy) is 1. The van der Waals surface area contributed by atoms with Crippen LogP contribution in [0.2, 0.25) is 0 Å². The second-order valence-electron chi connectivity index (χ2n) is 3.65. The zero-order valence-electron chi connectivity index (χ0n) is 9.41. The van der Waals surface area contributed by atoms with Crippen LogP contribution in [0.3, 0.4) is 0 Å². The summed E-state index contributed by atoms with van der Waals surface area (Å²) < 4.78 is 19.8. The van der Waals surface area contributed by atoms with E-state index in [9.17, 15) is 9.18 Å². The molecular weight excluding hydrogens is 239 g/mol. The van der Waals surface area contributed by atoms with Crippen LogP contribution in [-0.4, -0.2) is 20.9 Å². The Kier molecular flexibility index (Phi) is 3.57. The number of benzene rings is 1. The summed E-state index contributed by atoms with van der Waals surface area (Å²) in [5.41, 5.74) is 0.434. The van der Waals surface area contributed by atoms with E-state index in [1.807, 2.05) is 0 Å². The molecule has 0 spiro atoms. The van der Waals surface area contributed by atoms with E-state index in [1.165, 1.54) is 23.1 Å². The monoisotopic (exact) mass is 250 g/mol. The third-order valence-corrected chi connectivity index (χ3v) is 2.26. The zero-order chi connectivity index (χ0) is 13.0. The molecule has 0 radical (unpaired) electrons. The lowest BCUT2D eigenvalue weighted by Crippen LogP contribution is -2.08. The number of carbonyl (C=O) groups is 1. The molecule has 0 amide bonds. The van der Waals surface area contributed by atoms with Gasteiger partial charge in [0.2, 0.25) is 0 Å². The average molecular weight is 250 g/mol. The molecule has 0 aliphatic carbocycles. The van der Waals surface area contributed by atoms with Crippen LogP contribution in [0.4, 0.5) is 4.39 Å². The maximum Gasteiger partial charge on any atom is 0.325 e. The summed E-state index contributed by atoms with van der Waals surface area (Å²) in [6.07, 6.45) is 2.85. The Balaban J connectivity index is 1.96. The minimum atomic E-state index is -0.987. The van der Waals surface area contributed by atoms with Gasteiger partial charge < -0.3 is 9.84 Å². The fourth-order valence-corrected chi connectivity index (χ4v) is 1.42. The standard InChI is InChI=1S/C12H11FN2O3/c13-11-4-2-1-3-9(11)8-18-10-5-14-15(6-10)7-12(16)17/h1-6H,7-8H2,(H,16,17). The van der Waals surface area contributed by atoms with E-state index in [1.54, 1.807) is 18.2 Å². The topological polar surface area (TPSA) is 64.3 Å². The third-order valence-electron chi connectivity index (χ3n) is 2.26. The number of nitrogens with zero attached hydrogens (tertiary/aromatic N) is 2. The van der Waals surface area contributed by atoms with Gasteiger partial charge in [0.15, 0.2) is 5.75 Å². The molecule has 1 N–H and O–H groups in total. The van der Waals surface area contributed by atoms with Crippen LogP contribution < -0.4 is 4.74 Å². The predicted molar refractivity (Wildman–Crippen MR) is 60.6 cm³/mol. The molecule has 1 aromatic heterocycles. The van der Waals surface area contributed by atoms with Crippen molar-refractivity contribution in [2.75, 3.05) is 0 Å². The van der Waals surface area contributed by atoms with Gasteiger partial charge in [-0.05, 0) is 6.07 Å². The molecule has 2 rings (SSSR count). The van der Waals surface area contributed by atoms with Crippen LogP contribution in [0.15, 0.2) is 36.7 Å². The van der Waals surface area contributed by atoms with Gasteiger partial charge in [-0.25, -0.2) is 4.39 Å². The summed E-state index contributed by atoms with van der Waals surface area (Å²) in [6, 6.07) is 6.29. The summed E-state index contributed by atoms with van der Waals surface area (Å²) in [5, 5.41) is 12.4. The molecule has 5 nitrogen and oxygen atoms in total. The molecule has 0 atom stereocenters. The molecule has 0 saturated heterocycles. The van der Waals surface area contributed by atoms with Gasteiger partial charge >= 0.3 is 5.97 Å². The van der Waals surface area contributed by atoms with Gasteiger partial charge in [0, 0.05) is 5.56 Å². The van der Waals surface area contributed by atoms with E-state index >= 15 is 0 Å². The number of halogens is 1. The Bertz CT molecular complexity index is 554. The highest BCUT2D eigenvalue weighted by atomic mass is 19.1. The zero-order valence-corrected chi connectivity index (χ0v) is 9.41. The van der Waals surface area contributed by atoms with Crippen molar-refractivity contribution >= 4 is 5.97 Å². The summed E-state index contributed by atoms with van der Waals surface area (Å²) >= 11 is 0. The lowest BCUT2D eigenvalue weighted by Gasteiger charge is -2.04. The van der Waals surface area contributed by atoms with E-state index in [0.29, 0.717) is 11.3 Å². The van der Waals surface area contributed by atoms with Gasteiger partial charge in [-0.15, -0.1) is 0 Å². The van der Waals surface area contributed by atoms with E-state index in [-0.39, 0.29) is 19.0 Å². The minimum absolute atomic E-state index is 0.0748. The normalized spacial score (nSPS) is 10.3. The largest absolute Gasteiger partial charge is 0.486 e. The molecule has 0 aliphatic rings. The predicted octanol–water partition coefficient (Wildman–Crippen LogP) is 1.69. The number of aromatic nitrogens is 2. The number of hydrogen-bond donors (Lipinski definition) is 1. The Labute approximate surface area is 102 Å². The average Bonchev–Trinajstić information content (AvgIpc) is 2.75. The van der Waals surface area contributed by atoms with Crippen molar-refractivity contribution in [3.63, 3.8) is 0 Å². The molecule has 6 heteroatoms. The van der Waals surface area contributed by atoms with Crippen LogP contribution in [-0.2, 0) is 17.9 Å². The second kappa shape index (κ2) is 5.31. The second-order valence-corrected chi connectivity index (χ2v) is 3.65. The van der Waals surface area contributed by atoms with Gasteiger partial charge in [-0.2, -0.15) is 5.10 Å². The first-order valence-electron chi connectivity index (χ1n) is 5.25. The lowest BCUT2D eigenvalue weighted by atomic mass is 10.2. The molecule has 94 valence electrons. The molecule has 0 fully saturated rings. The molecular formula is C12H11FN2O3. The molecule has 0 aliphatic heterocycles. The Morgan fingerprint density at radius 3 is 2.94 bits per heavy atom. The van der Waals surface area contributed by atoms with Crippen molar-refractivity contribution in [1.29, 1.82) is 0 Å². The first-order chi connectivity index (χ1) is 8.65. The number of aliphatic carboxylic acids is 1. The number of carboxylic acid groups (broad SMARTS) is 1. The minimum Gasteiger partial charge on any atom is -0.486 e. The highest BCUT2D eigenvalue weighted by Gasteiger charge is 2.05. The third kappa shape index (κ3) is 3.07. The van der Waals surface area contributed by atoms with E-state index < -0.39 is 5.97 Å². The maximum absolute atomic E-state index is 13.3. The number of carboxylic acids is 1.